The van der Waals surface area contributed by atoms with Gasteiger partial charge in [-0.05, 0) is 24.3 Å². The normalized spacial score (nSPS) is 21.3. The Hall–Kier alpha value is -0.580. The summed E-state index contributed by atoms with van der Waals surface area (Å²) in [5.41, 5.74) is 0. The maximum absolute atomic E-state index is 12.3. The van der Waals surface area contributed by atoms with Crippen LogP contribution in [0.4, 0.5) is 0 Å². The van der Waals surface area contributed by atoms with Crippen molar-refractivity contribution in [3.05, 3.63) is 21.3 Å². The van der Waals surface area contributed by atoms with Gasteiger partial charge >= 0.3 is 0 Å². The minimum absolute atomic E-state index is 0.0362. The quantitative estimate of drug-likeness (QED) is 0.900. The third-order valence-electron chi connectivity index (χ3n) is 3.16. The Labute approximate surface area is 110 Å². The summed E-state index contributed by atoms with van der Waals surface area (Å²) < 4.78 is 0. The van der Waals surface area contributed by atoms with Gasteiger partial charge in [0.05, 0.1) is 17.7 Å². The Morgan fingerprint density at radius 1 is 1.53 bits per heavy atom. The van der Waals surface area contributed by atoms with Crippen LogP contribution >= 0.6 is 22.9 Å². The van der Waals surface area contributed by atoms with Crippen LogP contribution in [0.15, 0.2) is 11.4 Å². The number of likely N-dealkylation sites (tertiary alicyclic amines) is 1. The summed E-state index contributed by atoms with van der Waals surface area (Å²) in [5.74, 6) is -0.0362. The lowest BCUT2D eigenvalue weighted by molar-refractivity contribution is 0.0605. The molecular formula is C12H16ClNO2S. The highest BCUT2D eigenvalue weighted by molar-refractivity contribution is 7.12. The van der Waals surface area contributed by atoms with E-state index in [4.69, 9.17) is 11.6 Å². The van der Waals surface area contributed by atoms with E-state index >= 15 is 0 Å². The summed E-state index contributed by atoms with van der Waals surface area (Å²) >= 11 is 7.35. The molecule has 1 saturated heterocycles. The van der Waals surface area contributed by atoms with Crippen molar-refractivity contribution >= 4 is 28.8 Å². The van der Waals surface area contributed by atoms with Crippen molar-refractivity contribution in [2.45, 2.75) is 31.7 Å². The fraction of sp³-hybridized carbons (Fsp3) is 0.583. The third kappa shape index (κ3) is 2.81. The first-order valence-electron chi connectivity index (χ1n) is 5.89. The van der Waals surface area contributed by atoms with Gasteiger partial charge in [0.2, 0.25) is 0 Å². The Bertz CT molecular complexity index is 394. The van der Waals surface area contributed by atoms with Gasteiger partial charge in [-0.15, -0.1) is 11.3 Å². The second kappa shape index (κ2) is 5.85. The van der Waals surface area contributed by atoms with Crippen molar-refractivity contribution < 1.29 is 9.90 Å². The average molecular weight is 274 g/mol. The monoisotopic (exact) mass is 273 g/mol. The Morgan fingerprint density at radius 3 is 3.00 bits per heavy atom. The molecule has 17 heavy (non-hydrogen) atoms. The van der Waals surface area contributed by atoms with Gasteiger partial charge in [0.15, 0.2) is 0 Å². The molecule has 5 heteroatoms. The number of hydrogen-bond acceptors (Lipinski definition) is 3. The number of nitrogens with zero attached hydrogens (tertiary/aromatic N) is 1. The maximum atomic E-state index is 12.3. The number of carbonyl (C=O) groups is 1. The number of carbonyl (C=O) groups excluding carboxylic acids is 1. The van der Waals surface area contributed by atoms with Gasteiger partial charge in [-0.1, -0.05) is 24.4 Å². The van der Waals surface area contributed by atoms with Crippen LogP contribution in [0.3, 0.4) is 0 Å². The SMILES string of the molecule is O=C(c1sccc1Cl)N1CCCCCC1CO. The summed E-state index contributed by atoms with van der Waals surface area (Å²) in [6.45, 7) is 0.757. The number of rotatable bonds is 2. The largest absolute Gasteiger partial charge is 0.394 e. The minimum Gasteiger partial charge on any atom is -0.394 e. The van der Waals surface area contributed by atoms with E-state index in [0.29, 0.717) is 9.90 Å². The van der Waals surface area contributed by atoms with Gasteiger partial charge in [-0.2, -0.15) is 0 Å². The van der Waals surface area contributed by atoms with Crippen molar-refractivity contribution in [2.24, 2.45) is 0 Å². The summed E-state index contributed by atoms with van der Waals surface area (Å²) in [6.07, 6.45) is 4.09. The van der Waals surface area contributed by atoms with E-state index in [1.54, 1.807) is 11.0 Å². The van der Waals surface area contributed by atoms with Crippen LogP contribution in [0.25, 0.3) is 0 Å². The summed E-state index contributed by atoms with van der Waals surface area (Å²) in [4.78, 5) is 14.7. The maximum Gasteiger partial charge on any atom is 0.265 e. The first-order chi connectivity index (χ1) is 8.24. The first-order valence-corrected chi connectivity index (χ1v) is 7.14. The molecule has 0 bridgehead atoms. The predicted octanol–water partition coefficient (Wildman–Crippen LogP) is 2.78. The summed E-state index contributed by atoms with van der Waals surface area (Å²) in [5, 5.41) is 11.7. The highest BCUT2D eigenvalue weighted by Crippen LogP contribution is 2.26. The van der Waals surface area contributed by atoms with Crippen LogP contribution < -0.4 is 0 Å². The highest BCUT2D eigenvalue weighted by Gasteiger charge is 2.27. The topological polar surface area (TPSA) is 40.5 Å². The van der Waals surface area contributed by atoms with Crippen molar-refractivity contribution in [3.8, 4) is 0 Å². The minimum atomic E-state index is -0.0526. The number of hydrogen-bond donors (Lipinski definition) is 1. The zero-order valence-electron chi connectivity index (χ0n) is 9.56. The van der Waals surface area contributed by atoms with Gasteiger partial charge < -0.3 is 10.0 Å². The van der Waals surface area contributed by atoms with E-state index in [-0.39, 0.29) is 18.6 Å². The Kier molecular flexibility index (Phi) is 4.42. The van der Waals surface area contributed by atoms with E-state index in [1.165, 1.54) is 11.3 Å². The molecule has 0 aliphatic carbocycles. The molecular weight excluding hydrogens is 258 g/mol. The van der Waals surface area contributed by atoms with Crippen LogP contribution in [0.2, 0.25) is 5.02 Å². The molecule has 1 fully saturated rings. The molecule has 1 N–H and O–H groups in total. The predicted molar refractivity (Wildman–Crippen MR) is 69.7 cm³/mol. The number of aliphatic hydroxyl groups is 1. The molecule has 1 aliphatic rings. The van der Waals surface area contributed by atoms with Crippen LogP contribution in [0, 0.1) is 0 Å². The molecule has 1 aromatic rings. The molecule has 1 aromatic heterocycles. The molecule has 1 unspecified atom stereocenters. The fourth-order valence-corrected chi connectivity index (χ4v) is 3.30. The Balaban J connectivity index is 2.18. The molecule has 3 nitrogen and oxygen atoms in total. The van der Waals surface area contributed by atoms with Gasteiger partial charge in [0.1, 0.15) is 4.88 Å². The highest BCUT2D eigenvalue weighted by atomic mass is 35.5. The zero-order valence-corrected chi connectivity index (χ0v) is 11.1. The first kappa shape index (κ1) is 12.9. The molecule has 0 radical (unpaired) electrons. The van der Waals surface area contributed by atoms with Crippen molar-refractivity contribution in [1.82, 2.24) is 4.90 Å². The van der Waals surface area contributed by atoms with E-state index in [2.05, 4.69) is 0 Å². The zero-order chi connectivity index (χ0) is 12.3. The van der Waals surface area contributed by atoms with Crippen molar-refractivity contribution in [3.63, 3.8) is 0 Å². The molecule has 1 aliphatic heterocycles. The molecule has 2 heterocycles. The molecule has 1 atom stereocenters. The molecule has 2 rings (SSSR count). The van der Waals surface area contributed by atoms with Gasteiger partial charge in [0.25, 0.3) is 5.91 Å². The lowest BCUT2D eigenvalue weighted by Gasteiger charge is -2.28. The molecule has 0 spiro atoms. The number of thiophene rings is 1. The van der Waals surface area contributed by atoms with Gasteiger partial charge in [0, 0.05) is 6.54 Å². The van der Waals surface area contributed by atoms with E-state index in [1.807, 2.05) is 5.38 Å². The van der Waals surface area contributed by atoms with Crippen LogP contribution in [0.1, 0.15) is 35.4 Å². The molecule has 0 aromatic carbocycles. The number of amides is 1. The van der Waals surface area contributed by atoms with Gasteiger partial charge in [-0.3, -0.25) is 4.79 Å². The lowest BCUT2D eigenvalue weighted by Crippen LogP contribution is -2.41. The van der Waals surface area contributed by atoms with Crippen LogP contribution in [0.5, 0.6) is 0 Å². The van der Waals surface area contributed by atoms with Crippen molar-refractivity contribution in [1.29, 1.82) is 0 Å². The van der Waals surface area contributed by atoms with Crippen LogP contribution in [-0.4, -0.2) is 35.1 Å². The van der Waals surface area contributed by atoms with Gasteiger partial charge in [-0.25, -0.2) is 0 Å². The number of aliphatic hydroxyl groups excluding tert-OH is 1. The third-order valence-corrected chi connectivity index (χ3v) is 4.49. The fourth-order valence-electron chi connectivity index (χ4n) is 2.21. The molecule has 94 valence electrons. The molecule has 1 amide bonds. The smallest absolute Gasteiger partial charge is 0.265 e. The summed E-state index contributed by atoms with van der Waals surface area (Å²) in [7, 11) is 0. The lowest BCUT2D eigenvalue weighted by atomic mass is 10.1. The second-order valence-corrected chi connectivity index (χ2v) is 5.61. The van der Waals surface area contributed by atoms with E-state index in [9.17, 15) is 9.90 Å². The van der Waals surface area contributed by atoms with Crippen molar-refractivity contribution in [2.75, 3.05) is 13.2 Å². The van der Waals surface area contributed by atoms with E-state index in [0.717, 1.165) is 32.2 Å². The Morgan fingerprint density at radius 2 is 2.35 bits per heavy atom. The standard InChI is InChI=1S/C12H16ClNO2S/c13-10-5-7-17-11(10)12(16)14-6-3-1-2-4-9(14)8-15/h5,7,9,15H,1-4,6,8H2. The van der Waals surface area contributed by atoms with Crippen LogP contribution in [-0.2, 0) is 0 Å². The summed E-state index contributed by atoms with van der Waals surface area (Å²) in [6, 6.07) is 1.69. The average Bonchev–Trinajstić information content (AvgIpc) is 2.64. The number of halogens is 1. The second-order valence-electron chi connectivity index (χ2n) is 4.28. The molecule has 0 saturated carbocycles. The van der Waals surface area contributed by atoms with E-state index < -0.39 is 0 Å².